The lowest BCUT2D eigenvalue weighted by atomic mass is 10.1. The molecule has 3 rings (SSSR count). The zero-order chi connectivity index (χ0) is 19.2. The molecule has 142 valence electrons. The molecule has 0 atom stereocenters. The normalized spacial score (nSPS) is 13.2. The van der Waals surface area contributed by atoms with E-state index in [2.05, 4.69) is 10.6 Å². The maximum Gasteiger partial charge on any atom is 0.341 e. The Morgan fingerprint density at radius 1 is 1.07 bits per heavy atom. The molecule has 0 aromatic heterocycles. The SMILES string of the molecule is O=C(O)COc1ccc(NC(=O)CCCNC(=O)C2CC2)c2ccccc12. The van der Waals surface area contributed by atoms with Crippen molar-refractivity contribution >= 4 is 34.2 Å². The number of carboxylic acid groups (broad SMARTS) is 1. The van der Waals surface area contributed by atoms with Crippen molar-refractivity contribution in [1.29, 1.82) is 0 Å². The second-order valence-electron chi connectivity index (χ2n) is 6.56. The molecule has 0 saturated heterocycles. The molecular weight excluding hydrogens is 348 g/mol. The Balaban J connectivity index is 1.58. The molecule has 2 aromatic rings. The zero-order valence-electron chi connectivity index (χ0n) is 14.9. The van der Waals surface area contributed by atoms with E-state index in [-0.39, 0.29) is 17.7 Å². The number of anilines is 1. The number of carboxylic acids is 1. The maximum atomic E-state index is 12.2. The predicted molar refractivity (Wildman–Crippen MR) is 101 cm³/mol. The summed E-state index contributed by atoms with van der Waals surface area (Å²) in [5.74, 6) is -0.482. The third-order valence-corrected chi connectivity index (χ3v) is 4.34. The fourth-order valence-corrected chi connectivity index (χ4v) is 2.81. The van der Waals surface area contributed by atoms with E-state index in [0.29, 0.717) is 30.8 Å². The fourth-order valence-electron chi connectivity index (χ4n) is 2.81. The average Bonchev–Trinajstić information content (AvgIpc) is 3.49. The molecule has 0 unspecified atom stereocenters. The first kappa shape index (κ1) is 18.7. The topological polar surface area (TPSA) is 105 Å². The molecule has 1 fully saturated rings. The molecule has 7 nitrogen and oxygen atoms in total. The third kappa shape index (κ3) is 5.20. The van der Waals surface area contributed by atoms with Gasteiger partial charge in [0.2, 0.25) is 11.8 Å². The molecule has 1 aliphatic carbocycles. The van der Waals surface area contributed by atoms with Gasteiger partial charge in [0, 0.05) is 35.3 Å². The molecule has 0 spiro atoms. The minimum absolute atomic E-state index is 0.0818. The second kappa shape index (κ2) is 8.53. The number of benzene rings is 2. The summed E-state index contributed by atoms with van der Waals surface area (Å²) in [7, 11) is 0. The number of ether oxygens (including phenoxy) is 1. The first-order chi connectivity index (χ1) is 13.0. The Hall–Kier alpha value is -3.09. The summed E-state index contributed by atoms with van der Waals surface area (Å²) >= 11 is 0. The third-order valence-electron chi connectivity index (χ3n) is 4.34. The summed E-state index contributed by atoms with van der Waals surface area (Å²) in [4.78, 5) is 34.5. The summed E-state index contributed by atoms with van der Waals surface area (Å²) in [6.45, 7) is 0.0632. The summed E-state index contributed by atoms with van der Waals surface area (Å²) in [6.07, 6.45) is 2.80. The van der Waals surface area contributed by atoms with Crippen molar-refractivity contribution in [2.45, 2.75) is 25.7 Å². The quantitative estimate of drug-likeness (QED) is 0.589. The van der Waals surface area contributed by atoms with Crippen LogP contribution in [0.4, 0.5) is 5.69 Å². The van der Waals surface area contributed by atoms with E-state index < -0.39 is 12.6 Å². The lowest BCUT2D eigenvalue weighted by Gasteiger charge is -2.12. The molecule has 0 radical (unpaired) electrons. The van der Waals surface area contributed by atoms with Crippen LogP contribution in [-0.4, -0.2) is 36.0 Å². The number of carbonyl (C=O) groups excluding carboxylic acids is 2. The van der Waals surface area contributed by atoms with Crippen LogP contribution in [0.5, 0.6) is 5.75 Å². The van der Waals surface area contributed by atoms with Crippen LogP contribution in [-0.2, 0) is 14.4 Å². The van der Waals surface area contributed by atoms with Gasteiger partial charge in [0.25, 0.3) is 0 Å². The van der Waals surface area contributed by atoms with Crippen LogP contribution in [0.3, 0.4) is 0 Å². The van der Waals surface area contributed by atoms with Gasteiger partial charge in [-0.2, -0.15) is 0 Å². The van der Waals surface area contributed by atoms with Gasteiger partial charge in [0.1, 0.15) is 5.75 Å². The van der Waals surface area contributed by atoms with Crippen molar-refractivity contribution in [2.75, 3.05) is 18.5 Å². The smallest absolute Gasteiger partial charge is 0.341 e. The lowest BCUT2D eigenvalue weighted by Crippen LogP contribution is -2.26. The predicted octanol–water partition coefficient (Wildman–Crippen LogP) is 2.55. The zero-order valence-corrected chi connectivity index (χ0v) is 14.9. The highest BCUT2D eigenvalue weighted by Gasteiger charge is 2.28. The van der Waals surface area contributed by atoms with Crippen LogP contribution in [0.2, 0.25) is 0 Å². The molecule has 0 bridgehead atoms. The van der Waals surface area contributed by atoms with E-state index in [1.165, 1.54) is 0 Å². The molecule has 1 aliphatic rings. The molecule has 3 N–H and O–H groups in total. The summed E-state index contributed by atoms with van der Waals surface area (Å²) in [5.41, 5.74) is 0.639. The van der Waals surface area contributed by atoms with Gasteiger partial charge in [-0.1, -0.05) is 24.3 Å². The maximum absolute atomic E-state index is 12.2. The Morgan fingerprint density at radius 2 is 1.81 bits per heavy atom. The van der Waals surface area contributed by atoms with Crippen molar-refractivity contribution in [3.8, 4) is 5.75 Å². The van der Waals surface area contributed by atoms with Crippen LogP contribution in [0.25, 0.3) is 10.8 Å². The molecule has 2 aromatic carbocycles. The van der Waals surface area contributed by atoms with Crippen LogP contribution in [0.1, 0.15) is 25.7 Å². The number of carbonyl (C=O) groups is 3. The highest BCUT2D eigenvalue weighted by molar-refractivity contribution is 6.04. The number of hydrogen-bond donors (Lipinski definition) is 3. The Morgan fingerprint density at radius 3 is 2.52 bits per heavy atom. The molecule has 0 aliphatic heterocycles. The Labute approximate surface area is 156 Å². The molecule has 0 heterocycles. The first-order valence-electron chi connectivity index (χ1n) is 8.98. The number of nitrogens with one attached hydrogen (secondary N) is 2. The van der Waals surface area contributed by atoms with Gasteiger partial charge < -0.3 is 20.5 Å². The van der Waals surface area contributed by atoms with Crippen LogP contribution in [0, 0.1) is 5.92 Å². The van der Waals surface area contributed by atoms with E-state index in [1.54, 1.807) is 12.1 Å². The number of aliphatic carboxylic acids is 1. The Bertz CT molecular complexity index is 861. The van der Waals surface area contributed by atoms with Gasteiger partial charge in [0.15, 0.2) is 6.61 Å². The van der Waals surface area contributed by atoms with Gasteiger partial charge >= 0.3 is 5.97 Å². The van der Waals surface area contributed by atoms with E-state index in [4.69, 9.17) is 9.84 Å². The molecule has 27 heavy (non-hydrogen) atoms. The van der Waals surface area contributed by atoms with Gasteiger partial charge in [0.05, 0.1) is 0 Å². The monoisotopic (exact) mass is 370 g/mol. The van der Waals surface area contributed by atoms with E-state index >= 15 is 0 Å². The van der Waals surface area contributed by atoms with Gasteiger partial charge in [-0.15, -0.1) is 0 Å². The van der Waals surface area contributed by atoms with Crippen molar-refractivity contribution in [3.05, 3.63) is 36.4 Å². The molecular formula is C20H22N2O5. The fraction of sp³-hybridized carbons (Fsp3) is 0.350. The van der Waals surface area contributed by atoms with Crippen LogP contribution >= 0.6 is 0 Å². The highest BCUT2D eigenvalue weighted by Crippen LogP contribution is 2.32. The van der Waals surface area contributed by atoms with E-state index in [9.17, 15) is 14.4 Å². The number of rotatable bonds is 9. The number of amides is 2. The standard InChI is InChI=1S/C20H22N2O5/c23-18(6-3-11-21-20(26)13-7-8-13)22-16-9-10-17(27-12-19(24)25)15-5-2-1-4-14(15)16/h1-2,4-5,9-10,13H,3,6-8,11-12H2,(H,21,26)(H,22,23)(H,24,25). The minimum Gasteiger partial charge on any atom is -0.481 e. The minimum atomic E-state index is -1.05. The summed E-state index contributed by atoms with van der Waals surface area (Å²) < 4.78 is 5.31. The van der Waals surface area contributed by atoms with Crippen LogP contribution in [0.15, 0.2) is 36.4 Å². The molecule has 7 heteroatoms. The average molecular weight is 370 g/mol. The largest absolute Gasteiger partial charge is 0.481 e. The second-order valence-corrected chi connectivity index (χ2v) is 6.56. The van der Waals surface area contributed by atoms with Gasteiger partial charge in [-0.3, -0.25) is 9.59 Å². The number of fused-ring (bicyclic) bond motifs is 1. The van der Waals surface area contributed by atoms with Crippen molar-refractivity contribution in [1.82, 2.24) is 5.32 Å². The first-order valence-corrected chi connectivity index (χ1v) is 8.98. The summed E-state index contributed by atoms with van der Waals surface area (Å²) in [5, 5.41) is 16.0. The molecule has 1 saturated carbocycles. The lowest BCUT2D eigenvalue weighted by molar-refractivity contribution is -0.139. The van der Waals surface area contributed by atoms with E-state index in [0.717, 1.165) is 23.6 Å². The van der Waals surface area contributed by atoms with Crippen LogP contribution < -0.4 is 15.4 Å². The van der Waals surface area contributed by atoms with Gasteiger partial charge in [-0.25, -0.2) is 4.79 Å². The number of hydrogen-bond acceptors (Lipinski definition) is 4. The van der Waals surface area contributed by atoms with Crippen molar-refractivity contribution in [2.24, 2.45) is 5.92 Å². The van der Waals surface area contributed by atoms with Crippen molar-refractivity contribution in [3.63, 3.8) is 0 Å². The molecule has 2 amide bonds. The summed E-state index contributed by atoms with van der Waals surface area (Å²) in [6, 6.07) is 10.7. The van der Waals surface area contributed by atoms with Crippen molar-refractivity contribution < 1.29 is 24.2 Å². The van der Waals surface area contributed by atoms with E-state index in [1.807, 2.05) is 24.3 Å². The van der Waals surface area contributed by atoms with Gasteiger partial charge in [-0.05, 0) is 31.4 Å². The Kier molecular flexibility index (Phi) is 5.90. The highest BCUT2D eigenvalue weighted by atomic mass is 16.5.